The number of halogens is 2. The van der Waals surface area contributed by atoms with E-state index in [1.54, 1.807) is 17.4 Å². The number of benzene rings is 1. The Morgan fingerprint density at radius 1 is 1.35 bits per heavy atom. The average Bonchev–Trinajstić information content (AvgIpc) is 2.77. The molecular formula is C13H12ClFOS. The van der Waals surface area contributed by atoms with Gasteiger partial charge in [-0.3, -0.25) is 0 Å². The van der Waals surface area contributed by atoms with E-state index < -0.39 is 11.9 Å². The van der Waals surface area contributed by atoms with Gasteiger partial charge in [0.15, 0.2) is 0 Å². The predicted octanol–water partition coefficient (Wildman–Crippen LogP) is 4.21. The average molecular weight is 271 g/mol. The first-order valence-electron chi connectivity index (χ1n) is 5.31. The summed E-state index contributed by atoms with van der Waals surface area (Å²) in [6, 6.07) is 8.16. The van der Waals surface area contributed by atoms with Crippen molar-refractivity contribution in [2.45, 2.75) is 18.9 Å². The van der Waals surface area contributed by atoms with Gasteiger partial charge in [-0.1, -0.05) is 17.7 Å². The molecule has 0 aliphatic heterocycles. The maximum Gasteiger partial charge on any atom is 0.125 e. The first kappa shape index (κ1) is 12.6. The molecule has 0 radical (unpaired) electrons. The Morgan fingerprint density at radius 3 is 2.82 bits per heavy atom. The Hall–Kier alpha value is -0.900. The van der Waals surface area contributed by atoms with Crippen molar-refractivity contribution in [3.8, 4) is 0 Å². The van der Waals surface area contributed by atoms with Gasteiger partial charge in [-0.15, -0.1) is 11.3 Å². The van der Waals surface area contributed by atoms with Crippen LogP contribution in [0.4, 0.5) is 4.39 Å². The van der Waals surface area contributed by atoms with Crippen molar-refractivity contribution in [3.05, 3.63) is 57.0 Å². The lowest BCUT2D eigenvalue weighted by Gasteiger charge is -2.10. The predicted molar refractivity (Wildman–Crippen MR) is 69.0 cm³/mol. The zero-order valence-electron chi connectivity index (χ0n) is 9.07. The maximum absolute atomic E-state index is 13.1. The van der Waals surface area contributed by atoms with Gasteiger partial charge >= 0.3 is 0 Å². The second kappa shape index (κ2) is 5.63. The summed E-state index contributed by atoms with van der Waals surface area (Å²) in [6.07, 6.45) is 0.679. The van der Waals surface area contributed by atoms with Gasteiger partial charge < -0.3 is 5.11 Å². The molecule has 2 rings (SSSR count). The van der Waals surface area contributed by atoms with Crippen LogP contribution in [0.25, 0.3) is 0 Å². The highest BCUT2D eigenvalue weighted by molar-refractivity contribution is 7.09. The second-order valence-corrected chi connectivity index (χ2v) is 5.31. The molecule has 1 nitrogen and oxygen atoms in total. The number of aliphatic hydroxyl groups excluding tert-OH is 1. The van der Waals surface area contributed by atoms with E-state index >= 15 is 0 Å². The first-order chi connectivity index (χ1) is 8.15. The number of thiophene rings is 1. The lowest BCUT2D eigenvalue weighted by atomic mass is 10.0. The van der Waals surface area contributed by atoms with E-state index in [1.807, 2.05) is 17.5 Å². The molecule has 0 aliphatic carbocycles. The summed E-state index contributed by atoms with van der Waals surface area (Å²) in [4.78, 5) is 1.21. The van der Waals surface area contributed by atoms with Crippen molar-refractivity contribution in [1.82, 2.24) is 0 Å². The molecule has 1 N–H and O–H groups in total. The Bertz CT molecular complexity index is 464. The molecule has 0 amide bonds. The van der Waals surface area contributed by atoms with E-state index in [0.29, 0.717) is 17.0 Å². The van der Waals surface area contributed by atoms with Crippen molar-refractivity contribution in [1.29, 1.82) is 0 Å². The van der Waals surface area contributed by atoms with Crippen LogP contribution >= 0.6 is 22.9 Å². The molecule has 1 unspecified atom stereocenters. The highest BCUT2D eigenvalue weighted by Crippen LogP contribution is 2.24. The Kier molecular flexibility index (Phi) is 4.15. The summed E-state index contributed by atoms with van der Waals surface area (Å²) in [7, 11) is 0. The maximum atomic E-state index is 13.1. The molecule has 0 spiro atoms. The third kappa shape index (κ3) is 3.53. The van der Waals surface area contributed by atoms with Crippen LogP contribution in [0.3, 0.4) is 0 Å². The van der Waals surface area contributed by atoms with Gasteiger partial charge in [-0.2, -0.15) is 0 Å². The van der Waals surface area contributed by atoms with Crippen molar-refractivity contribution in [3.63, 3.8) is 0 Å². The van der Waals surface area contributed by atoms with Gasteiger partial charge in [0.25, 0.3) is 0 Å². The third-order valence-electron chi connectivity index (χ3n) is 2.51. The van der Waals surface area contributed by atoms with Crippen molar-refractivity contribution >= 4 is 22.9 Å². The minimum absolute atomic E-state index is 0.315. The highest BCUT2D eigenvalue weighted by atomic mass is 35.5. The molecule has 2 aromatic rings. The van der Waals surface area contributed by atoms with E-state index in [-0.39, 0.29) is 0 Å². The van der Waals surface area contributed by atoms with Gasteiger partial charge in [0, 0.05) is 9.90 Å². The van der Waals surface area contributed by atoms with E-state index in [9.17, 15) is 9.50 Å². The zero-order chi connectivity index (χ0) is 12.3. The normalized spacial score (nSPS) is 12.6. The molecule has 4 heteroatoms. The van der Waals surface area contributed by atoms with Crippen molar-refractivity contribution in [2.24, 2.45) is 0 Å². The molecule has 0 saturated carbocycles. The topological polar surface area (TPSA) is 20.2 Å². The Morgan fingerprint density at radius 2 is 2.18 bits per heavy atom. The number of rotatable bonds is 4. The Balaban J connectivity index is 2.01. The van der Waals surface area contributed by atoms with E-state index in [1.165, 1.54) is 17.0 Å². The molecule has 0 fully saturated rings. The summed E-state index contributed by atoms with van der Waals surface area (Å²) in [5.41, 5.74) is 0.534. The largest absolute Gasteiger partial charge is 0.388 e. The number of aliphatic hydroxyl groups is 1. The van der Waals surface area contributed by atoms with E-state index in [2.05, 4.69) is 0 Å². The molecular weight excluding hydrogens is 259 g/mol. The van der Waals surface area contributed by atoms with Crippen molar-refractivity contribution in [2.75, 3.05) is 0 Å². The van der Waals surface area contributed by atoms with Crippen LogP contribution < -0.4 is 0 Å². The number of hydrogen-bond acceptors (Lipinski definition) is 2. The molecule has 0 bridgehead atoms. The third-order valence-corrected chi connectivity index (χ3v) is 3.67. The fourth-order valence-electron chi connectivity index (χ4n) is 1.67. The van der Waals surface area contributed by atoms with Gasteiger partial charge in [0.2, 0.25) is 0 Å². The summed E-state index contributed by atoms with van der Waals surface area (Å²) in [5.74, 6) is -0.414. The number of aryl methyl sites for hydroxylation is 1. The van der Waals surface area contributed by atoms with Crippen LogP contribution in [0.5, 0.6) is 0 Å². The molecule has 90 valence electrons. The fraction of sp³-hybridized carbons (Fsp3) is 0.231. The zero-order valence-corrected chi connectivity index (χ0v) is 10.6. The Labute approximate surface area is 108 Å². The van der Waals surface area contributed by atoms with Crippen LogP contribution in [0, 0.1) is 5.82 Å². The fourth-order valence-corrected chi connectivity index (χ4v) is 2.62. The van der Waals surface area contributed by atoms with Crippen molar-refractivity contribution < 1.29 is 9.50 Å². The summed E-state index contributed by atoms with van der Waals surface area (Å²) >= 11 is 7.40. The quantitative estimate of drug-likeness (QED) is 0.882. The lowest BCUT2D eigenvalue weighted by molar-refractivity contribution is 0.167. The molecule has 17 heavy (non-hydrogen) atoms. The lowest BCUT2D eigenvalue weighted by Crippen LogP contribution is -1.99. The molecule has 0 aliphatic rings. The summed E-state index contributed by atoms with van der Waals surface area (Å²) in [5, 5.41) is 12.3. The van der Waals surface area contributed by atoms with Gasteiger partial charge in [-0.05, 0) is 48.1 Å². The van der Waals surface area contributed by atoms with Crippen LogP contribution in [-0.4, -0.2) is 5.11 Å². The van der Waals surface area contributed by atoms with Gasteiger partial charge in [-0.25, -0.2) is 4.39 Å². The molecule has 1 atom stereocenters. The minimum atomic E-state index is -0.676. The molecule has 1 heterocycles. The summed E-state index contributed by atoms with van der Waals surface area (Å²) < 4.78 is 13.1. The standard InChI is InChI=1S/C13H12ClFOS/c14-10-6-9(7-11(15)8-10)13(16)4-3-12-2-1-5-17-12/h1-2,5-8,13,16H,3-4H2. The minimum Gasteiger partial charge on any atom is -0.388 e. The monoisotopic (exact) mass is 270 g/mol. The highest BCUT2D eigenvalue weighted by Gasteiger charge is 2.10. The van der Waals surface area contributed by atoms with Crippen LogP contribution in [-0.2, 0) is 6.42 Å². The van der Waals surface area contributed by atoms with Crippen LogP contribution in [0.2, 0.25) is 5.02 Å². The smallest absolute Gasteiger partial charge is 0.125 e. The van der Waals surface area contributed by atoms with E-state index in [4.69, 9.17) is 11.6 Å². The molecule has 0 saturated heterocycles. The summed E-state index contributed by atoms with van der Waals surface area (Å²) in [6.45, 7) is 0. The van der Waals surface area contributed by atoms with Crippen LogP contribution in [0.1, 0.15) is 23.0 Å². The van der Waals surface area contributed by atoms with Crippen LogP contribution in [0.15, 0.2) is 35.7 Å². The molecule has 1 aromatic carbocycles. The van der Waals surface area contributed by atoms with Gasteiger partial charge in [0.05, 0.1) is 6.10 Å². The van der Waals surface area contributed by atoms with Gasteiger partial charge in [0.1, 0.15) is 5.82 Å². The van der Waals surface area contributed by atoms with E-state index in [0.717, 1.165) is 6.42 Å². The molecule has 1 aromatic heterocycles. The SMILES string of the molecule is OC(CCc1cccs1)c1cc(F)cc(Cl)c1. The number of hydrogen-bond donors (Lipinski definition) is 1. The first-order valence-corrected chi connectivity index (χ1v) is 6.57. The second-order valence-electron chi connectivity index (χ2n) is 3.84.